The highest BCUT2D eigenvalue weighted by molar-refractivity contribution is 7.80. The van der Waals surface area contributed by atoms with Crippen LogP contribution >= 0.6 is 12.2 Å². The molecule has 126 valence electrons. The number of phenolic OH excluding ortho intramolecular Hbond substituents is 1. The zero-order chi connectivity index (χ0) is 16.2. The maximum absolute atomic E-state index is 9.39. The molecule has 1 heterocycles. The minimum Gasteiger partial charge on any atom is -0.508 e. The highest BCUT2D eigenvalue weighted by Crippen LogP contribution is 2.24. The molecule has 1 aromatic carbocycles. The van der Waals surface area contributed by atoms with Crippen LogP contribution in [0.25, 0.3) is 0 Å². The topological polar surface area (TPSA) is 38.7 Å². The molecule has 3 rings (SSSR count). The van der Waals surface area contributed by atoms with Crippen LogP contribution in [-0.4, -0.2) is 47.3 Å². The number of nitrogens with one attached hydrogen (secondary N) is 1. The average molecular weight is 334 g/mol. The number of anilines is 1. The maximum Gasteiger partial charge on any atom is 0.169 e. The molecular weight excluding hydrogens is 306 g/mol. The molecule has 0 radical (unpaired) electrons. The SMILES string of the molecule is C[C@H]1CCCC[C@@H]1NC(=S)N1CCN(c2ccc(O)cc2)CC1. The monoisotopic (exact) mass is 333 g/mol. The van der Waals surface area contributed by atoms with Gasteiger partial charge in [-0.15, -0.1) is 0 Å². The first kappa shape index (κ1) is 16.4. The van der Waals surface area contributed by atoms with Crippen LogP contribution in [0.5, 0.6) is 5.75 Å². The third kappa shape index (κ3) is 4.08. The molecular formula is C18H27N3OS. The normalized spacial score (nSPS) is 25.3. The van der Waals surface area contributed by atoms with Gasteiger partial charge in [-0.25, -0.2) is 0 Å². The number of nitrogens with zero attached hydrogens (tertiary/aromatic N) is 2. The summed E-state index contributed by atoms with van der Waals surface area (Å²) in [5.74, 6) is 1.04. The molecule has 5 heteroatoms. The fraction of sp³-hybridized carbons (Fsp3) is 0.611. The van der Waals surface area contributed by atoms with E-state index < -0.39 is 0 Å². The molecule has 4 nitrogen and oxygen atoms in total. The highest BCUT2D eigenvalue weighted by Gasteiger charge is 2.25. The van der Waals surface area contributed by atoms with Gasteiger partial charge in [0.05, 0.1) is 0 Å². The van der Waals surface area contributed by atoms with Crippen LogP contribution in [0.1, 0.15) is 32.6 Å². The van der Waals surface area contributed by atoms with Crippen molar-refractivity contribution in [3.63, 3.8) is 0 Å². The zero-order valence-corrected chi connectivity index (χ0v) is 14.7. The van der Waals surface area contributed by atoms with Gasteiger partial charge in [-0.1, -0.05) is 19.8 Å². The number of phenols is 1. The lowest BCUT2D eigenvalue weighted by atomic mass is 9.86. The molecule has 2 fully saturated rings. The minimum atomic E-state index is 0.319. The summed E-state index contributed by atoms with van der Waals surface area (Å²) >= 11 is 5.64. The van der Waals surface area contributed by atoms with Gasteiger partial charge in [0.25, 0.3) is 0 Å². The van der Waals surface area contributed by atoms with Gasteiger partial charge in [-0.3, -0.25) is 0 Å². The summed E-state index contributed by atoms with van der Waals surface area (Å²) < 4.78 is 0. The lowest BCUT2D eigenvalue weighted by Gasteiger charge is -2.39. The van der Waals surface area contributed by atoms with Crippen LogP contribution in [0.3, 0.4) is 0 Å². The van der Waals surface area contributed by atoms with Crippen molar-refractivity contribution in [3.05, 3.63) is 24.3 Å². The smallest absolute Gasteiger partial charge is 0.169 e. The van der Waals surface area contributed by atoms with Crippen molar-refractivity contribution in [2.75, 3.05) is 31.1 Å². The Hall–Kier alpha value is -1.49. The summed E-state index contributed by atoms with van der Waals surface area (Å²) in [6, 6.07) is 8.00. The van der Waals surface area contributed by atoms with E-state index in [2.05, 4.69) is 22.0 Å². The van der Waals surface area contributed by atoms with Gasteiger partial charge in [0.2, 0.25) is 0 Å². The van der Waals surface area contributed by atoms with Crippen LogP contribution in [0.15, 0.2) is 24.3 Å². The minimum absolute atomic E-state index is 0.319. The van der Waals surface area contributed by atoms with Gasteiger partial charge >= 0.3 is 0 Å². The first-order valence-corrected chi connectivity index (χ1v) is 9.14. The predicted molar refractivity (Wildman–Crippen MR) is 99.0 cm³/mol. The fourth-order valence-corrected chi connectivity index (χ4v) is 3.95. The number of aromatic hydroxyl groups is 1. The van der Waals surface area contributed by atoms with Crippen LogP contribution in [-0.2, 0) is 0 Å². The Morgan fingerprint density at radius 3 is 2.39 bits per heavy atom. The lowest BCUT2D eigenvalue weighted by Crippen LogP contribution is -2.54. The van der Waals surface area contributed by atoms with E-state index in [1.165, 1.54) is 31.4 Å². The number of hydrogen-bond donors (Lipinski definition) is 2. The molecule has 1 saturated carbocycles. The fourth-order valence-electron chi connectivity index (χ4n) is 3.61. The first-order chi connectivity index (χ1) is 11.1. The van der Waals surface area contributed by atoms with Gasteiger partial charge in [0, 0.05) is 37.9 Å². The molecule has 23 heavy (non-hydrogen) atoms. The summed E-state index contributed by atoms with van der Waals surface area (Å²) in [5, 5.41) is 13.9. The van der Waals surface area contributed by atoms with Crippen LogP contribution in [0, 0.1) is 5.92 Å². The molecule has 0 aromatic heterocycles. The van der Waals surface area contributed by atoms with E-state index in [0.29, 0.717) is 11.8 Å². The van der Waals surface area contributed by atoms with Crippen molar-refractivity contribution in [3.8, 4) is 5.75 Å². The van der Waals surface area contributed by atoms with E-state index in [0.717, 1.165) is 37.2 Å². The van der Waals surface area contributed by atoms with Gasteiger partial charge in [-0.05, 0) is 55.2 Å². The number of benzene rings is 1. The molecule has 0 bridgehead atoms. The molecule has 0 spiro atoms. The highest BCUT2D eigenvalue weighted by atomic mass is 32.1. The van der Waals surface area contributed by atoms with Crippen molar-refractivity contribution in [1.82, 2.24) is 10.2 Å². The molecule has 2 N–H and O–H groups in total. The number of thiocarbonyl (C=S) groups is 1. The molecule has 1 saturated heterocycles. The third-order valence-electron chi connectivity index (χ3n) is 5.20. The molecule has 1 aromatic rings. The Morgan fingerprint density at radius 2 is 1.74 bits per heavy atom. The summed E-state index contributed by atoms with van der Waals surface area (Å²) in [6.45, 7) is 6.17. The van der Waals surface area contributed by atoms with Gasteiger partial charge in [-0.2, -0.15) is 0 Å². The molecule has 0 amide bonds. The molecule has 1 aliphatic carbocycles. The van der Waals surface area contributed by atoms with E-state index in [4.69, 9.17) is 12.2 Å². The molecule has 2 aliphatic rings. The summed E-state index contributed by atoms with van der Waals surface area (Å²) in [6.07, 6.45) is 5.24. The Labute approximate surface area is 144 Å². The standard InChI is InChI=1S/C18H27N3OS/c1-14-4-2-3-5-17(14)19-18(23)21-12-10-20(11-13-21)15-6-8-16(22)9-7-15/h6-9,14,17,22H,2-5,10-13H2,1H3,(H,19,23)/t14-,17-/m0/s1. The Kier molecular flexibility index (Phi) is 5.26. The Bertz CT molecular complexity index is 526. The van der Waals surface area contributed by atoms with E-state index in [-0.39, 0.29) is 0 Å². The molecule has 2 atom stereocenters. The Morgan fingerprint density at radius 1 is 1.09 bits per heavy atom. The number of rotatable bonds is 2. The van der Waals surface area contributed by atoms with Crippen molar-refractivity contribution in [1.29, 1.82) is 0 Å². The third-order valence-corrected chi connectivity index (χ3v) is 5.58. The van der Waals surface area contributed by atoms with Crippen molar-refractivity contribution in [2.45, 2.75) is 38.6 Å². The second kappa shape index (κ2) is 7.39. The summed E-state index contributed by atoms with van der Waals surface area (Å²) in [4.78, 5) is 4.65. The number of hydrogen-bond acceptors (Lipinski definition) is 3. The molecule has 1 aliphatic heterocycles. The average Bonchev–Trinajstić information content (AvgIpc) is 2.58. The summed E-state index contributed by atoms with van der Waals surface area (Å²) in [5.41, 5.74) is 1.17. The van der Waals surface area contributed by atoms with Gasteiger partial charge in [0.1, 0.15) is 5.75 Å². The second-order valence-corrected chi connectivity index (χ2v) is 7.19. The van der Waals surface area contributed by atoms with E-state index in [1.807, 2.05) is 12.1 Å². The largest absolute Gasteiger partial charge is 0.508 e. The van der Waals surface area contributed by atoms with Gasteiger partial charge in [0.15, 0.2) is 5.11 Å². The molecule has 0 unspecified atom stereocenters. The van der Waals surface area contributed by atoms with Crippen molar-refractivity contribution >= 4 is 23.0 Å². The first-order valence-electron chi connectivity index (χ1n) is 8.73. The van der Waals surface area contributed by atoms with Crippen molar-refractivity contribution in [2.24, 2.45) is 5.92 Å². The predicted octanol–water partition coefficient (Wildman–Crippen LogP) is 2.97. The van der Waals surface area contributed by atoms with Gasteiger partial charge < -0.3 is 20.2 Å². The number of piperazine rings is 1. The maximum atomic E-state index is 9.39. The Balaban J connectivity index is 1.50. The second-order valence-electron chi connectivity index (χ2n) is 6.81. The summed E-state index contributed by atoms with van der Waals surface area (Å²) in [7, 11) is 0. The van der Waals surface area contributed by atoms with E-state index in [1.54, 1.807) is 12.1 Å². The van der Waals surface area contributed by atoms with Crippen LogP contribution < -0.4 is 10.2 Å². The van der Waals surface area contributed by atoms with Crippen molar-refractivity contribution < 1.29 is 5.11 Å². The van der Waals surface area contributed by atoms with Crippen LogP contribution in [0.2, 0.25) is 0 Å². The lowest BCUT2D eigenvalue weighted by molar-refractivity contribution is 0.293. The van der Waals surface area contributed by atoms with E-state index >= 15 is 0 Å². The van der Waals surface area contributed by atoms with Crippen LogP contribution in [0.4, 0.5) is 5.69 Å². The quantitative estimate of drug-likeness (QED) is 0.814. The van der Waals surface area contributed by atoms with E-state index in [9.17, 15) is 5.11 Å². The zero-order valence-electron chi connectivity index (χ0n) is 13.9.